The van der Waals surface area contributed by atoms with Gasteiger partial charge in [-0.15, -0.1) is 0 Å². The summed E-state index contributed by atoms with van der Waals surface area (Å²) in [5.41, 5.74) is 3.28. The van der Waals surface area contributed by atoms with Crippen LogP contribution in [0.1, 0.15) is 71.0 Å². The Bertz CT molecular complexity index is 1040. The van der Waals surface area contributed by atoms with Gasteiger partial charge in [-0.2, -0.15) is 0 Å². The van der Waals surface area contributed by atoms with Crippen LogP contribution in [-0.4, -0.2) is 41.0 Å². The van der Waals surface area contributed by atoms with Gasteiger partial charge in [-0.3, -0.25) is 9.59 Å². The van der Waals surface area contributed by atoms with Crippen LogP contribution in [0.3, 0.4) is 0 Å². The number of nitrogens with one attached hydrogen (secondary N) is 1. The lowest BCUT2D eigenvalue weighted by molar-refractivity contribution is 0.0630. The van der Waals surface area contributed by atoms with Crippen LogP contribution in [0.2, 0.25) is 0 Å². The summed E-state index contributed by atoms with van der Waals surface area (Å²) in [4.78, 5) is 35.9. The van der Waals surface area contributed by atoms with Gasteiger partial charge in [-0.1, -0.05) is 6.07 Å². The highest BCUT2D eigenvalue weighted by Crippen LogP contribution is 2.45. The predicted molar refractivity (Wildman–Crippen MR) is 110 cm³/mol. The Labute approximate surface area is 170 Å². The highest BCUT2D eigenvalue weighted by molar-refractivity contribution is 5.97. The van der Waals surface area contributed by atoms with Crippen molar-refractivity contribution in [3.05, 3.63) is 56.8 Å². The lowest BCUT2D eigenvalue weighted by atomic mass is 9.77. The average Bonchev–Trinajstić information content (AvgIpc) is 3.52. The van der Waals surface area contributed by atoms with Crippen molar-refractivity contribution in [2.75, 3.05) is 20.2 Å². The van der Waals surface area contributed by atoms with Gasteiger partial charge in [-0.05, 0) is 63.1 Å². The number of fused-ring (bicyclic) bond motifs is 2. The summed E-state index contributed by atoms with van der Waals surface area (Å²) >= 11 is 0. The first-order valence-electron chi connectivity index (χ1n) is 10.6. The summed E-state index contributed by atoms with van der Waals surface area (Å²) in [6, 6.07) is 5.71. The van der Waals surface area contributed by atoms with Gasteiger partial charge < -0.3 is 14.6 Å². The maximum atomic E-state index is 13.4. The smallest absolute Gasteiger partial charge is 0.257 e. The molecule has 1 aromatic heterocycles. The van der Waals surface area contributed by atoms with Crippen molar-refractivity contribution in [1.29, 1.82) is 0 Å². The molecular weight excluding hydrogens is 366 g/mol. The third kappa shape index (κ3) is 3.05. The van der Waals surface area contributed by atoms with Crippen molar-refractivity contribution in [3.8, 4) is 5.75 Å². The fraction of sp³-hybridized carbons (Fsp3) is 0.522. The lowest BCUT2D eigenvalue weighted by Crippen LogP contribution is -2.48. The standard InChI is InChI=1S/C23H27N3O3/c1-14-4-7-16(18(12-14)29-2)22(28)26-11-3-9-23(13-26)10-8-17-19(23)24-20(15-5-6-15)25-21(17)27/h4,7,12,15H,3,5-6,8-11,13H2,1-2H3,(H,24,25,27). The number of H-pyrrole nitrogens is 1. The van der Waals surface area contributed by atoms with E-state index in [1.54, 1.807) is 7.11 Å². The van der Waals surface area contributed by atoms with Crippen LogP contribution in [0.5, 0.6) is 5.75 Å². The van der Waals surface area contributed by atoms with Gasteiger partial charge in [0.1, 0.15) is 11.6 Å². The van der Waals surface area contributed by atoms with Crippen molar-refractivity contribution in [1.82, 2.24) is 14.9 Å². The molecule has 2 fully saturated rings. The molecule has 1 atom stereocenters. The molecule has 5 rings (SSSR count). The van der Waals surface area contributed by atoms with Gasteiger partial charge in [0.25, 0.3) is 11.5 Å². The van der Waals surface area contributed by atoms with E-state index in [0.29, 0.717) is 23.8 Å². The number of methoxy groups -OCH3 is 1. The quantitative estimate of drug-likeness (QED) is 0.870. The number of benzene rings is 1. The normalized spacial score (nSPS) is 23.3. The van der Waals surface area contributed by atoms with Gasteiger partial charge in [0.2, 0.25) is 0 Å². The van der Waals surface area contributed by atoms with Gasteiger partial charge in [-0.25, -0.2) is 4.98 Å². The Morgan fingerprint density at radius 1 is 1.31 bits per heavy atom. The molecule has 3 aliphatic rings. The number of nitrogens with zero attached hydrogens (tertiary/aromatic N) is 2. The molecule has 2 heterocycles. The zero-order valence-corrected chi connectivity index (χ0v) is 17.1. The zero-order valence-electron chi connectivity index (χ0n) is 17.1. The Hall–Kier alpha value is -2.63. The van der Waals surface area contributed by atoms with Crippen molar-refractivity contribution in [2.24, 2.45) is 0 Å². The molecule has 1 N–H and O–H groups in total. The minimum Gasteiger partial charge on any atom is -0.496 e. The Balaban J connectivity index is 1.48. The van der Waals surface area contributed by atoms with Crippen LogP contribution >= 0.6 is 0 Å². The van der Waals surface area contributed by atoms with E-state index < -0.39 is 0 Å². The first-order chi connectivity index (χ1) is 14.0. The third-order valence-corrected chi connectivity index (χ3v) is 6.81. The highest BCUT2D eigenvalue weighted by Gasteiger charge is 2.46. The van der Waals surface area contributed by atoms with Gasteiger partial charge >= 0.3 is 0 Å². The molecule has 29 heavy (non-hydrogen) atoms. The summed E-state index contributed by atoms with van der Waals surface area (Å²) in [5.74, 6) is 1.87. The van der Waals surface area contributed by atoms with E-state index in [4.69, 9.17) is 9.72 Å². The van der Waals surface area contributed by atoms with E-state index in [2.05, 4.69) is 4.98 Å². The van der Waals surface area contributed by atoms with Crippen LogP contribution in [0.15, 0.2) is 23.0 Å². The molecule has 152 valence electrons. The second-order valence-electron chi connectivity index (χ2n) is 8.87. The number of aryl methyl sites for hydroxylation is 1. The number of aromatic nitrogens is 2. The van der Waals surface area contributed by atoms with Crippen LogP contribution < -0.4 is 10.3 Å². The average molecular weight is 393 g/mol. The molecule has 0 bridgehead atoms. The monoisotopic (exact) mass is 393 g/mol. The fourth-order valence-electron chi connectivity index (χ4n) is 5.07. The van der Waals surface area contributed by atoms with Crippen LogP contribution in [0, 0.1) is 6.92 Å². The third-order valence-electron chi connectivity index (χ3n) is 6.81. The molecule has 0 radical (unpaired) electrons. The summed E-state index contributed by atoms with van der Waals surface area (Å²) < 4.78 is 5.47. The summed E-state index contributed by atoms with van der Waals surface area (Å²) in [5, 5.41) is 0. The minimum absolute atomic E-state index is 0.00151. The molecule has 1 amide bonds. The number of piperidine rings is 1. The molecule has 2 aliphatic carbocycles. The van der Waals surface area contributed by atoms with Crippen LogP contribution in [-0.2, 0) is 11.8 Å². The van der Waals surface area contributed by atoms with Gasteiger partial charge in [0, 0.05) is 30.0 Å². The zero-order chi connectivity index (χ0) is 20.2. The Morgan fingerprint density at radius 2 is 2.14 bits per heavy atom. The fourth-order valence-corrected chi connectivity index (χ4v) is 5.07. The van der Waals surface area contributed by atoms with E-state index in [1.807, 2.05) is 30.0 Å². The SMILES string of the molecule is COc1cc(C)ccc1C(=O)N1CCCC2(CCc3c2nc(C2CC2)[nH]c3=O)C1. The number of rotatable bonds is 3. The van der Waals surface area contributed by atoms with E-state index in [0.717, 1.165) is 67.7 Å². The van der Waals surface area contributed by atoms with Gasteiger partial charge in [0.05, 0.1) is 18.4 Å². The van der Waals surface area contributed by atoms with Crippen molar-refractivity contribution >= 4 is 5.91 Å². The second kappa shape index (κ2) is 6.71. The first kappa shape index (κ1) is 18.4. The van der Waals surface area contributed by atoms with Crippen molar-refractivity contribution in [3.63, 3.8) is 0 Å². The molecule has 6 nitrogen and oxygen atoms in total. The molecule has 2 aromatic rings. The molecular formula is C23H27N3O3. The van der Waals surface area contributed by atoms with Crippen LogP contribution in [0.4, 0.5) is 0 Å². The van der Waals surface area contributed by atoms with Crippen LogP contribution in [0.25, 0.3) is 0 Å². The number of carbonyl (C=O) groups is 1. The lowest BCUT2D eigenvalue weighted by Gasteiger charge is -2.40. The van der Waals surface area contributed by atoms with E-state index in [-0.39, 0.29) is 16.9 Å². The number of aromatic amines is 1. The molecule has 6 heteroatoms. The van der Waals surface area contributed by atoms with Crippen molar-refractivity contribution < 1.29 is 9.53 Å². The number of ether oxygens (including phenoxy) is 1. The predicted octanol–water partition coefficient (Wildman–Crippen LogP) is 3.08. The number of carbonyl (C=O) groups excluding carboxylic acids is 1. The molecule has 1 aromatic carbocycles. The number of hydrogen-bond acceptors (Lipinski definition) is 4. The molecule has 1 unspecified atom stereocenters. The van der Waals surface area contributed by atoms with Gasteiger partial charge in [0.15, 0.2) is 0 Å². The topological polar surface area (TPSA) is 75.3 Å². The first-order valence-corrected chi connectivity index (χ1v) is 10.6. The molecule has 1 aliphatic heterocycles. The summed E-state index contributed by atoms with van der Waals surface area (Å²) in [6.07, 6.45) is 5.75. The summed E-state index contributed by atoms with van der Waals surface area (Å²) in [6.45, 7) is 3.34. The Morgan fingerprint density at radius 3 is 2.90 bits per heavy atom. The number of amides is 1. The van der Waals surface area contributed by atoms with Crippen molar-refractivity contribution in [2.45, 2.75) is 56.8 Å². The minimum atomic E-state index is -0.195. The molecule has 1 spiro atoms. The second-order valence-corrected chi connectivity index (χ2v) is 8.87. The van der Waals surface area contributed by atoms with E-state index >= 15 is 0 Å². The molecule has 1 saturated heterocycles. The number of hydrogen-bond donors (Lipinski definition) is 1. The van der Waals surface area contributed by atoms with E-state index in [9.17, 15) is 9.59 Å². The summed E-state index contributed by atoms with van der Waals surface area (Å²) in [7, 11) is 1.60. The maximum absolute atomic E-state index is 13.4. The Kier molecular flexibility index (Phi) is 4.26. The largest absolute Gasteiger partial charge is 0.496 e. The molecule has 1 saturated carbocycles. The highest BCUT2D eigenvalue weighted by atomic mass is 16.5. The maximum Gasteiger partial charge on any atom is 0.257 e. The number of likely N-dealkylation sites (tertiary alicyclic amines) is 1. The van der Waals surface area contributed by atoms with E-state index in [1.165, 1.54) is 0 Å².